The molecule has 1 saturated heterocycles. The van der Waals surface area contributed by atoms with Crippen molar-refractivity contribution in [2.45, 2.75) is 26.7 Å². The van der Waals surface area contributed by atoms with Gasteiger partial charge in [0.1, 0.15) is 16.9 Å². The number of carbonyl (C=O) groups is 1. The molecule has 2 aromatic rings. The van der Waals surface area contributed by atoms with Gasteiger partial charge in [0.05, 0.1) is 11.5 Å². The van der Waals surface area contributed by atoms with E-state index in [1.807, 2.05) is 61.2 Å². The van der Waals surface area contributed by atoms with Gasteiger partial charge < -0.3 is 15.1 Å². The highest BCUT2D eigenvalue weighted by Crippen LogP contribution is 2.29. The van der Waals surface area contributed by atoms with Crippen molar-refractivity contribution in [3.05, 3.63) is 59.2 Å². The van der Waals surface area contributed by atoms with Crippen molar-refractivity contribution in [3.8, 4) is 0 Å². The molecule has 9 heteroatoms. The number of rotatable bonds is 8. The van der Waals surface area contributed by atoms with Crippen molar-refractivity contribution in [1.82, 2.24) is 0 Å². The molecule has 0 aromatic heterocycles. The van der Waals surface area contributed by atoms with Crippen LogP contribution >= 0.6 is 0 Å². The zero-order valence-electron chi connectivity index (χ0n) is 20.0. The number of oxime groups is 1. The molecule has 0 spiro atoms. The molecular weight excluding hydrogens is 452 g/mol. The molecule has 0 atom stereocenters. The number of aryl methyl sites for hydroxylation is 2. The predicted octanol–water partition coefficient (Wildman–Crippen LogP) is 3.58. The second-order valence-electron chi connectivity index (χ2n) is 8.42. The van der Waals surface area contributed by atoms with Crippen LogP contribution in [0.15, 0.2) is 52.6 Å². The van der Waals surface area contributed by atoms with Gasteiger partial charge in [-0.1, -0.05) is 23.4 Å². The quantitative estimate of drug-likeness (QED) is 0.351. The van der Waals surface area contributed by atoms with Crippen LogP contribution in [0.3, 0.4) is 0 Å². The van der Waals surface area contributed by atoms with E-state index in [2.05, 4.69) is 22.2 Å². The van der Waals surface area contributed by atoms with Gasteiger partial charge in [0.2, 0.25) is 5.91 Å². The summed E-state index contributed by atoms with van der Waals surface area (Å²) in [6, 6.07) is 13.5. The van der Waals surface area contributed by atoms with E-state index in [0.717, 1.165) is 28.1 Å². The van der Waals surface area contributed by atoms with Gasteiger partial charge in [0.15, 0.2) is 5.84 Å². The number of nitrogens with one attached hydrogen (secondary N) is 1. The lowest BCUT2D eigenvalue weighted by Gasteiger charge is -2.31. The molecule has 1 N–H and O–H groups in total. The van der Waals surface area contributed by atoms with Crippen LogP contribution in [0.1, 0.15) is 29.5 Å². The fourth-order valence-electron chi connectivity index (χ4n) is 4.23. The van der Waals surface area contributed by atoms with Crippen LogP contribution < -0.4 is 10.2 Å². The molecule has 0 radical (unpaired) electrons. The highest BCUT2D eigenvalue weighted by Gasteiger charge is 2.32. The second-order valence-corrected chi connectivity index (χ2v) is 10.7. The highest BCUT2D eigenvalue weighted by molar-refractivity contribution is 7.91. The minimum atomic E-state index is -3.03. The fraction of sp³-hybridized carbons (Fsp3) is 0.400. The molecule has 182 valence electrons. The number of hydrogen-bond acceptors (Lipinski definition) is 6. The number of nitrogens with zero attached hydrogens (tertiary/aromatic N) is 3. The molecule has 0 unspecified atom stereocenters. The molecule has 1 aliphatic rings. The summed E-state index contributed by atoms with van der Waals surface area (Å²) in [4.78, 5) is 24.0. The fourth-order valence-corrected chi connectivity index (χ4v) is 5.72. The van der Waals surface area contributed by atoms with Crippen molar-refractivity contribution >= 4 is 39.7 Å². The van der Waals surface area contributed by atoms with Gasteiger partial charge in [-0.25, -0.2) is 13.4 Å². The number of hydrogen-bond donors (Lipinski definition) is 1. The Morgan fingerprint density at radius 3 is 2.29 bits per heavy atom. The van der Waals surface area contributed by atoms with Crippen LogP contribution in [0.2, 0.25) is 0 Å². The van der Waals surface area contributed by atoms with Gasteiger partial charge in [-0.05, 0) is 68.8 Å². The zero-order valence-corrected chi connectivity index (χ0v) is 20.8. The van der Waals surface area contributed by atoms with Crippen molar-refractivity contribution in [3.63, 3.8) is 0 Å². The molecule has 1 amide bonds. The van der Waals surface area contributed by atoms with Crippen LogP contribution in [-0.4, -0.2) is 58.6 Å². The van der Waals surface area contributed by atoms with E-state index in [9.17, 15) is 13.2 Å². The molecule has 34 heavy (non-hydrogen) atoms. The number of carbonyl (C=O) groups excluding carboxylic acids is 1. The molecule has 3 rings (SSSR count). The molecular formula is C25H32N4O4S. The third-order valence-electron chi connectivity index (χ3n) is 6.01. The Morgan fingerprint density at radius 1 is 1.12 bits per heavy atom. The maximum absolute atomic E-state index is 13.5. The van der Waals surface area contributed by atoms with Gasteiger partial charge in [0, 0.05) is 35.9 Å². The maximum Gasteiger partial charge on any atom is 0.230 e. The van der Waals surface area contributed by atoms with Gasteiger partial charge in [0.25, 0.3) is 0 Å². The van der Waals surface area contributed by atoms with Crippen LogP contribution in [0.25, 0.3) is 0 Å². The average molecular weight is 485 g/mol. The first kappa shape index (κ1) is 25.4. The van der Waals surface area contributed by atoms with E-state index in [1.165, 1.54) is 7.11 Å². The van der Waals surface area contributed by atoms with Gasteiger partial charge in [-0.15, -0.1) is 0 Å². The lowest BCUT2D eigenvalue weighted by molar-refractivity contribution is -0.122. The summed E-state index contributed by atoms with van der Waals surface area (Å²) in [7, 11) is -1.58. The average Bonchev–Trinajstić information content (AvgIpc) is 2.81. The van der Waals surface area contributed by atoms with E-state index in [-0.39, 0.29) is 23.3 Å². The van der Waals surface area contributed by atoms with Crippen LogP contribution in [0, 0.1) is 19.8 Å². The van der Waals surface area contributed by atoms with Gasteiger partial charge in [-0.3, -0.25) is 4.79 Å². The Hall–Kier alpha value is -3.20. The molecule has 0 aliphatic carbocycles. The summed E-state index contributed by atoms with van der Waals surface area (Å²) < 4.78 is 23.7. The first-order chi connectivity index (χ1) is 16.3. The Morgan fingerprint density at radius 2 is 1.74 bits per heavy atom. The van der Waals surface area contributed by atoms with E-state index in [4.69, 9.17) is 4.84 Å². The predicted molar refractivity (Wildman–Crippen MR) is 138 cm³/mol. The number of aliphatic imine (C=N–C) groups is 1. The number of amidine groups is 1. The van der Waals surface area contributed by atoms with Crippen LogP contribution in [-0.2, 0) is 19.5 Å². The van der Waals surface area contributed by atoms with E-state index in [1.54, 1.807) is 0 Å². The molecule has 2 aromatic carbocycles. The lowest BCUT2D eigenvalue weighted by Crippen LogP contribution is -2.42. The molecule has 0 saturated carbocycles. The summed E-state index contributed by atoms with van der Waals surface area (Å²) in [6.45, 7) is 8.48. The number of benzene rings is 2. The Balaban J connectivity index is 1.74. The molecule has 1 fully saturated rings. The first-order valence-electron chi connectivity index (χ1n) is 11.3. The van der Waals surface area contributed by atoms with Crippen molar-refractivity contribution < 1.29 is 18.0 Å². The van der Waals surface area contributed by atoms with Gasteiger partial charge in [-0.2, -0.15) is 0 Å². The van der Waals surface area contributed by atoms with Crippen LogP contribution in [0.5, 0.6) is 0 Å². The normalized spacial score (nSPS) is 16.0. The zero-order chi connectivity index (χ0) is 24.7. The summed E-state index contributed by atoms with van der Waals surface area (Å²) in [5, 5.41) is 7.20. The monoisotopic (exact) mass is 484 g/mol. The molecule has 8 nitrogen and oxygen atoms in total. The molecule has 1 aliphatic heterocycles. The van der Waals surface area contributed by atoms with Crippen LogP contribution in [0.4, 0.5) is 11.4 Å². The minimum absolute atomic E-state index is 0.0121. The largest absolute Gasteiger partial charge is 0.397 e. The summed E-state index contributed by atoms with van der Waals surface area (Å²) in [5.74, 6) is 0.245. The first-order valence-corrected chi connectivity index (χ1v) is 13.1. The number of sulfone groups is 1. The van der Waals surface area contributed by atoms with Crippen molar-refractivity contribution in [1.29, 1.82) is 0 Å². The minimum Gasteiger partial charge on any atom is -0.397 e. The van der Waals surface area contributed by atoms with E-state index >= 15 is 0 Å². The topological polar surface area (TPSA) is 100 Å². The smallest absolute Gasteiger partial charge is 0.230 e. The Kier molecular flexibility index (Phi) is 8.44. The number of amides is 1. The maximum atomic E-state index is 13.5. The summed E-state index contributed by atoms with van der Waals surface area (Å²) >= 11 is 0. The summed E-state index contributed by atoms with van der Waals surface area (Å²) in [6.07, 6.45) is 0.750. The number of anilines is 2. The van der Waals surface area contributed by atoms with E-state index in [0.29, 0.717) is 31.8 Å². The Bertz CT molecular complexity index is 1130. The Labute approximate surface area is 201 Å². The number of para-hydroxylation sites is 1. The molecule has 0 bridgehead atoms. The summed E-state index contributed by atoms with van der Waals surface area (Å²) in [5.41, 5.74) is 4.60. The highest BCUT2D eigenvalue weighted by atomic mass is 32.2. The lowest BCUT2D eigenvalue weighted by atomic mass is 9.99. The van der Waals surface area contributed by atoms with E-state index < -0.39 is 9.84 Å². The standard InChI is InChI=1S/C25H32N4O4S/c1-18-6-5-7-19(2)23(18)29(25(30)21-12-16-34(31,32)17-13-21)15-14-27-22-10-8-20(9-11-22)24(26-3)28-33-4/h5-11,21,27H,3,12-17H2,1-2,4H3/b28-24-. The van der Waals surface area contributed by atoms with Gasteiger partial charge >= 0.3 is 0 Å². The third-order valence-corrected chi connectivity index (χ3v) is 7.73. The molecule has 1 heterocycles. The SMILES string of the molecule is C=N/C(=N\OC)c1ccc(NCCN(C(=O)C2CCS(=O)(=O)CC2)c2c(C)cccc2C)cc1. The van der Waals surface area contributed by atoms with Crippen molar-refractivity contribution in [2.24, 2.45) is 16.1 Å². The third kappa shape index (κ3) is 6.22. The second kappa shape index (κ2) is 11.3. The van der Waals surface area contributed by atoms with Crippen molar-refractivity contribution in [2.75, 3.05) is 41.9 Å².